The molecule has 3 aromatic rings. The summed E-state index contributed by atoms with van der Waals surface area (Å²) in [6.07, 6.45) is 1.81. The highest BCUT2D eigenvalue weighted by Gasteiger charge is 2.32. The van der Waals surface area contributed by atoms with E-state index in [1.165, 1.54) is 0 Å². The highest BCUT2D eigenvalue weighted by atomic mass is 15.4. The Morgan fingerprint density at radius 1 is 1.00 bits per heavy atom. The Morgan fingerprint density at radius 3 is 2.46 bits per heavy atom. The summed E-state index contributed by atoms with van der Waals surface area (Å²) in [5.74, 6) is 1.87. The van der Waals surface area contributed by atoms with E-state index in [-0.39, 0.29) is 5.41 Å². The first-order valence-corrected chi connectivity index (χ1v) is 8.96. The van der Waals surface area contributed by atoms with Crippen molar-refractivity contribution in [3.63, 3.8) is 0 Å². The quantitative estimate of drug-likeness (QED) is 0.725. The van der Waals surface area contributed by atoms with Crippen LogP contribution in [0.3, 0.4) is 0 Å². The standard InChI is InChI=1S/C20H24N6/c1-20(2,3)17-9-10-18(23-22-17)26-12-15(13-26)25(4)19-16-8-6-5-7-14(16)11-21-24-19/h5-11,15H,12-13H2,1-4H3. The van der Waals surface area contributed by atoms with Crippen molar-refractivity contribution in [2.45, 2.75) is 32.2 Å². The number of aromatic nitrogens is 4. The average Bonchev–Trinajstić information content (AvgIpc) is 2.59. The number of hydrogen-bond acceptors (Lipinski definition) is 6. The van der Waals surface area contributed by atoms with Gasteiger partial charge in [-0.2, -0.15) is 10.2 Å². The maximum absolute atomic E-state index is 4.41. The fraction of sp³-hybridized carbons (Fsp3) is 0.400. The molecule has 0 amide bonds. The third-order valence-electron chi connectivity index (χ3n) is 5.04. The Bertz CT molecular complexity index is 904. The third kappa shape index (κ3) is 2.96. The van der Waals surface area contributed by atoms with Gasteiger partial charge >= 0.3 is 0 Å². The normalized spacial score (nSPS) is 15.2. The van der Waals surface area contributed by atoms with Gasteiger partial charge in [-0.05, 0) is 12.1 Å². The van der Waals surface area contributed by atoms with Crippen LogP contribution < -0.4 is 9.80 Å². The maximum atomic E-state index is 4.41. The second-order valence-corrected chi connectivity index (χ2v) is 7.95. The first-order chi connectivity index (χ1) is 12.4. The molecule has 4 rings (SSSR count). The molecule has 26 heavy (non-hydrogen) atoms. The lowest BCUT2D eigenvalue weighted by atomic mass is 9.92. The number of benzene rings is 1. The molecule has 0 radical (unpaired) electrons. The molecular formula is C20H24N6. The summed E-state index contributed by atoms with van der Waals surface area (Å²) in [6.45, 7) is 8.26. The molecule has 0 atom stereocenters. The lowest BCUT2D eigenvalue weighted by Gasteiger charge is -2.44. The van der Waals surface area contributed by atoms with E-state index >= 15 is 0 Å². The van der Waals surface area contributed by atoms with Gasteiger partial charge in [-0.15, -0.1) is 10.2 Å². The summed E-state index contributed by atoms with van der Waals surface area (Å²) in [7, 11) is 2.09. The summed E-state index contributed by atoms with van der Waals surface area (Å²) in [5, 5.41) is 19.6. The van der Waals surface area contributed by atoms with Crippen LogP contribution in [0.15, 0.2) is 42.6 Å². The van der Waals surface area contributed by atoms with E-state index in [9.17, 15) is 0 Å². The molecule has 2 aromatic heterocycles. The van der Waals surface area contributed by atoms with Crippen molar-refractivity contribution in [1.29, 1.82) is 0 Å². The molecule has 6 nitrogen and oxygen atoms in total. The minimum Gasteiger partial charge on any atom is -0.351 e. The molecule has 0 bridgehead atoms. The molecule has 1 aliphatic rings. The zero-order chi connectivity index (χ0) is 18.3. The second kappa shape index (κ2) is 6.20. The van der Waals surface area contributed by atoms with Crippen molar-refractivity contribution in [3.8, 4) is 0 Å². The van der Waals surface area contributed by atoms with Gasteiger partial charge in [0, 0.05) is 36.3 Å². The van der Waals surface area contributed by atoms with E-state index in [4.69, 9.17) is 0 Å². The molecule has 1 aliphatic heterocycles. The molecule has 1 fully saturated rings. The molecule has 134 valence electrons. The van der Waals surface area contributed by atoms with E-state index < -0.39 is 0 Å². The van der Waals surface area contributed by atoms with E-state index in [1.54, 1.807) is 0 Å². The summed E-state index contributed by atoms with van der Waals surface area (Å²) < 4.78 is 0. The number of fused-ring (bicyclic) bond motifs is 1. The first kappa shape index (κ1) is 16.7. The summed E-state index contributed by atoms with van der Waals surface area (Å²) in [6, 6.07) is 12.8. The molecular weight excluding hydrogens is 324 g/mol. The fourth-order valence-corrected chi connectivity index (χ4v) is 3.23. The van der Waals surface area contributed by atoms with E-state index in [0.29, 0.717) is 6.04 Å². The minimum absolute atomic E-state index is 0.0241. The van der Waals surface area contributed by atoms with Gasteiger partial charge < -0.3 is 9.80 Å². The zero-order valence-electron chi connectivity index (χ0n) is 15.7. The van der Waals surface area contributed by atoms with Crippen LogP contribution in [0.1, 0.15) is 26.5 Å². The Morgan fingerprint density at radius 2 is 1.77 bits per heavy atom. The van der Waals surface area contributed by atoms with Crippen LogP contribution in [0.2, 0.25) is 0 Å². The fourth-order valence-electron chi connectivity index (χ4n) is 3.23. The maximum Gasteiger partial charge on any atom is 0.159 e. The van der Waals surface area contributed by atoms with Crippen molar-refractivity contribution < 1.29 is 0 Å². The summed E-state index contributed by atoms with van der Waals surface area (Å²) in [4.78, 5) is 4.47. The average molecular weight is 348 g/mol. The summed E-state index contributed by atoms with van der Waals surface area (Å²) in [5.41, 5.74) is 1.04. The van der Waals surface area contributed by atoms with Crippen molar-refractivity contribution in [2.75, 3.05) is 29.9 Å². The second-order valence-electron chi connectivity index (χ2n) is 7.95. The first-order valence-electron chi connectivity index (χ1n) is 8.96. The highest BCUT2D eigenvalue weighted by molar-refractivity contribution is 5.91. The molecule has 3 heterocycles. The van der Waals surface area contributed by atoms with Crippen LogP contribution in [0, 0.1) is 0 Å². The van der Waals surface area contributed by atoms with Gasteiger partial charge in [-0.1, -0.05) is 45.0 Å². The zero-order valence-corrected chi connectivity index (χ0v) is 15.7. The highest BCUT2D eigenvalue weighted by Crippen LogP contribution is 2.28. The van der Waals surface area contributed by atoms with Crippen LogP contribution in [-0.2, 0) is 5.41 Å². The number of anilines is 2. The Hall–Kier alpha value is -2.76. The lowest BCUT2D eigenvalue weighted by molar-refractivity contribution is 0.485. The van der Waals surface area contributed by atoms with E-state index in [1.807, 2.05) is 18.3 Å². The Balaban J connectivity index is 1.47. The van der Waals surface area contributed by atoms with Crippen molar-refractivity contribution >= 4 is 22.4 Å². The van der Waals surface area contributed by atoms with Crippen molar-refractivity contribution in [1.82, 2.24) is 20.4 Å². The van der Waals surface area contributed by atoms with Crippen LogP contribution >= 0.6 is 0 Å². The van der Waals surface area contributed by atoms with Gasteiger partial charge in [-0.3, -0.25) is 0 Å². The SMILES string of the molecule is CN(c1nncc2ccccc12)C1CN(c2ccc(C(C)(C)C)nn2)C1. The topological polar surface area (TPSA) is 58.0 Å². The van der Waals surface area contributed by atoms with Gasteiger partial charge in [0.25, 0.3) is 0 Å². The molecule has 1 aromatic carbocycles. The largest absolute Gasteiger partial charge is 0.351 e. The molecule has 1 saturated heterocycles. The van der Waals surface area contributed by atoms with E-state index in [2.05, 4.69) is 82.3 Å². The van der Waals surface area contributed by atoms with Gasteiger partial charge in [0.05, 0.1) is 17.9 Å². The molecule has 0 unspecified atom stereocenters. The predicted octanol–water partition coefficient (Wildman–Crippen LogP) is 3.04. The molecule has 0 N–H and O–H groups in total. The molecule has 0 aliphatic carbocycles. The monoisotopic (exact) mass is 348 g/mol. The molecule has 0 spiro atoms. The van der Waals surface area contributed by atoms with Crippen LogP contribution in [0.5, 0.6) is 0 Å². The molecule has 0 saturated carbocycles. The van der Waals surface area contributed by atoms with Gasteiger partial charge in [0.15, 0.2) is 11.6 Å². The Labute approximate surface area is 153 Å². The van der Waals surface area contributed by atoms with Gasteiger partial charge in [0.2, 0.25) is 0 Å². The van der Waals surface area contributed by atoms with Crippen molar-refractivity contribution in [3.05, 3.63) is 48.3 Å². The number of hydrogen-bond donors (Lipinski definition) is 0. The third-order valence-corrected chi connectivity index (χ3v) is 5.04. The molecule has 6 heteroatoms. The smallest absolute Gasteiger partial charge is 0.159 e. The summed E-state index contributed by atoms with van der Waals surface area (Å²) >= 11 is 0. The van der Waals surface area contributed by atoms with E-state index in [0.717, 1.165) is 41.2 Å². The Kier molecular flexibility index (Phi) is 3.98. The van der Waals surface area contributed by atoms with Gasteiger partial charge in [0.1, 0.15) is 0 Å². The number of rotatable bonds is 3. The lowest BCUT2D eigenvalue weighted by Crippen LogP contribution is -2.59. The van der Waals surface area contributed by atoms with Crippen LogP contribution in [0.25, 0.3) is 10.8 Å². The predicted molar refractivity (Wildman–Crippen MR) is 105 cm³/mol. The van der Waals surface area contributed by atoms with Crippen molar-refractivity contribution in [2.24, 2.45) is 0 Å². The number of likely N-dealkylation sites (N-methyl/N-ethyl adjacent to an activating group) is 1. The van der Waals surface area contributed by atoms with Gasteiger partial charge in [-0.25, -0.2) is 0 Å². The number of nitrogens with zero attached hydrogens (tertiary/aromatic N) is 6. The van der Waals surface area contributed by atoms with Crippen LogP contribution in [0.4, 0.5) is 11.6 Å². The minimum atomic E-state index is 0.0241. The van der Waals surface area contributed by atoms with Crippen LogP contribution in [-0.4, -0.2) is 46.6 Å².